The van der Waals surface area contributed by atoms with Gasteiger partial charge >= 0.3 is 6.43 Å². The minimum absolute atomic E-state index is 0.0777. The highest BCUT2D eigenvalue weighted by Crippen LogP contribution is 2.33. The second-order valence-electron chi connectivity index (χ2n) is 7.64. The molecule has 0 saturated carbocycles. The molecule has 0 spiro atoms. The number of amides is 1. The van der Waals surface area contributed by atoms with E-state index in [0.717, 1.165) is 18.8 Å². The lowest BCUT2D eigenvalue weighted by Gasteiger charge is -2.44. The summed E-state index contributed by atoms with van der Waals surface area (Å²) in [6.45, 7) is 1.84. The predicted octanol–water partition coefficient (Wildman–Crippen LogP) is 3.12. The summed E-state index contributed by atoms with van der Waals surface area (Å²) in [5.41, 5.74) is 2.04. The second-order valence-corrected chi connectivity index (χ2v) is 7.64. The van der Waals surface area contributed by atoms with E-state index in [1.54, 1.807) is 18.2 Å². The van der Waals surface area contributed by atoms with Crippen LogP contribution < -0.4 is 9.80 Å². The Labute approximate surface area is 182 Å². The first-order chi connectivity index (χ1) is 15.4. The van der Waals surface area contributed by atoms with Crippen LogP contribution in [0.3, 0.4) is 0 Å². The van der Waals surface area contributed by atoms with Crippen molar-refractivity contribution in [3.05, 3.63) is 53.9 Å². The van der Waals surface area contributed by atoms with E-state index in [0.29, 0.717) is 23.4 Å². The summed E-state index contributed by atoms with van der Waals surface area (Å²) in [6, 6.07) is 7.81. The van der Waals surface area contributed by atoms with Gasteiger partial charge in [-0.25, -0.2) is 4.39 Å². The number of likely N-dealkylation sites (N-methyl/N-ethyl adjacent to an activating group) is 2. The van der Waals surface area contributed by atoms with Gasteiger partial charge in [0.2, 0.25) is 12.3 Å². The molecule has 2 aromatic heterocycles. The van der Waals surface area contributed by atoms with Crippen molar-refractivity contribution in [1.82, 2.24) is 20.1 Å². The number of hydrogen-bond donors (Lipinski definition) is 0. The zero-order chi connectivity index (χ0) is 22.8. The molecule has 0 N–H and O–H groups in total. The van der Waals surface area contributed by atoms with Crippen LogP contribution in [0.15, 0.2) is 40.9 Å². The molecule has 8 nitrogen and oxygen atoms in total. The third kappa shape index (κ3) is 4.42. The fourth-order valence-corrected chi connectivity index (χ4v) is 3.57. The molecular weight excluding hydrogens is 425 g/mol. The molecule has 1 fully saturated rings. The zero-order valence-electron chi connectivity index (χ0n) is 17.5. The van der Waals surface area contributed by atoms with Crippen LogP contribution in [0.1, 0.15) is 18.0 Å². The number of nitrogens with zero attached hydrogens (tertiary/aromatic N) is 6. The van der Waals surface area contributed by atoms with Crippen LogP contribution in [0.4, 0.5) is 24.5 Å². The number of pyridine rings is 1. The van der Waals surface area contributed by atoms with Crippen LogP contribution in [0, 0.1) is 5.82 Å². The normalized spacial score (nSPS) is 14.4. The first-order valence-electron chi connectivity index (χ1n) is 9.85. The van der Waals surface area contributed by atoms with Crippen LogP contribution in [0.5, 0.6) is 0 Å². The molecule has 168 valence electrons. The molecular formula is C21H21F3N6O2. The third-order valence-electron chi connectivity index (χ3n) is 5.38. The Bertz CT molecular complexity index is 1090. The zero-order valence-corrected chi connectivity index (χ0v) is 17.5. The van der Waals surface area contributed by atoms with Crippen LogP contribution >= 0.6 is 0 Å². The molecule has 0 unspecified atom stereocenters. The fraction of sp³-hybridized carbons (Fsp3) is 0.333. The quantitative estimate of drug-likeness (QED) is 0.492. The Morgan fingerprint density at radius 1 is 1.22 bits per heavy atom. The number of benzene rings is 1. The molecule has 1 aliphatic rings. The topological polar surface area (TPSA) is 78.6 Å². The maximum absolute atomic E-state index is 14.0. The van der Waals surface area contributed by atoms with E-state index in [9.17, 15) is 18.0 Å². The van der Waals surface area contributed by atoms with Crippen LogP contribution in [0.2, 0.25) is 0 Å². The lowest BCUT2D eigenvalue weighted by molar-refractivity contribution is -0.107. The first-order valence-corrected chi connectivity index (χ1v) is 9.85. The van der Waals surface area contributed by atoms with Crippen molar-refractivity contribution in [3.8, 4) is 11.5 Å². The van der Waals surface area contributed by atoms with E-state index in [1.807, 2.05) is 19.0 Å². The van der Waals surface area contributed by atoms with Gasteiger partial charge in [-0.15, -0.1) is 10.2 Å². The molecule has 32 heavy (non-hydrogen) atoms. The average Bonchev–Trinajstić information content (AvgIpc) is 3.26. The number of carbonyl (C=O) groups is 1. The fourth-order valence-electron chi connectivity index (χ4n) is 3.57. The third-order valence-corrected chi connectivity index (χ3v) is 5.38. The van der Waals surface area contributed by atoms with Gasteiger partial charge in [0, 0.05) is 26.3 Å². The van der Waals surface area contributed by atoms with Crippen molar-refractivity contribution < 1.29 is 22.4 Å². The average molecular weight is 446 g/mol. The largest absolute Gasteiger partial charge is 0.415 e. The smallest absolute Gasteiger partial charge is 0.314 e. The summed E-state index contributed by atoms with van der Waals surface area (Å²) in [7, 11) is 3.94. The van der Waals surface area contributed by atoms with Crippen LogP contribution in [-0.4, -0.2) is 59.7 Å². The Morgan fingerprint density at radius 3 is 2.59 bits per heavy atom. The highest BCUT2D eigenvalue weighted by molar-refractivity contribution is 5.84. The van der Waals surface area contributed by atoms with Crippen molar-refractivity contribution in [2.24, 2.45) is 0 Å². The van der Waals surface area contributed by atoms with Gasteiger partial charge in [0.05, 0.1) is 35.2 Å². The van der Waals surface area contributed by atoms with Gasteiger partial charge in [0.25, 0.3) is 5.89 Å². The van der Waals surface area contributed by atoms with E-state index >= 15 is 0 Å². The maximum Gasteiger partial charge on any atom is 0.314 e. The monoisotopic (exact) mass is 446 g/mol. The molecule has 0 radical (unpaired) electrons. The van der Waals surface area contributed by atoms with Gasteiger partial charge in [-0.2, -0.15) is 8.78 Å². The maximum atomic E-state index is 14.0. The van der Waals surface area contributed by atoms with Crippen molar-refractivity contribution >= 4 is 17.8 Å². The summed E-state index contributed by atoms with van der Waals surface area (Å²) in [6.07, 6.45) is -0.839. The summed E-state index contributed by atoms with van der Waals surface area (Å²) in [4.78, 5) is 21.7. The molecule has 3 aromatic rings. The second kappa shape index (κ2) is 8.95. The minimum atomic E-state index is -2.86. The minimum Gasteiger partial charge on any atom is -0.415 e. The number of likely N-dealkylation sites (tertiary alicyclic amines) is 1. The van der Waals surface area contributed by atoms with Crippen molar-refractivity contribution in [2.75, 3.05) is 37.0 Å². The van der Waals surface area contributed by atoms with Gasteiger partial charge in [-0.3, -0.25) is 9.78 Å². The Hall–Kier alpha value is -3.47. The summed E-state index contributed by atoms with van der Waals surface area (Å²) >= 11 is 0. The van der Waals surface area contributed by atoms with Crippen molar-refractivity contribution in [1.29, 1.82) is 0 Å². The Kier molecular flexibility index (Phi) is 6.08. The van der Waals surface area contributed by atoms with E-state index in [1.165, 1.54) is 23.2 Å². The predicted molar refractivity (Wildman–Crippen MR) is 111 cm³/mol. The summed E-state index contributed by atoms with van der Waals surface area (Å²) < 4.78 is 44.2. The van der Waals surface area contributed by atoms with Crippen molar-refractivity contribution in [3.63, 3.8) is 0 Å². The van der Waals surface area contributed by atoms with E-state index < -0.39 is 18.1 Å². The SMILES string of the molecule is CN1CC(N(C)c2ccc(F)cc2N(C=O)Cc2ccc(-c3nnc(C(F)F)o3)cn2)C1. The number of carbonyl (C=O) groups excluding carboxylic acids is 1. The number of rotatable bonds is 8. The highest BCUT2D eigenvalue weighted by atomic mass is 19.3. The molecule has 1 amide bonds. The molecule has 3 heterocycles. The van der Waals surface area contributed by atoms with E-state index in [4.69, 9.17) is 4.42 Å². The molecule has 11 heteroatoms. The molecule has 4 rings (SSSR count). The number of aromatic nitrogens is 3. The summed E-state index contributed by atoms with van der Waals surface area (Å²) in [5.74, 6) is -1.30. The number of alkyl halides is 2. The number of anilines is 2. The van der Waals surface area contributed by atoms with E-state index in [-0.39, 0.29) is 18.5 Å². The van der Waals surface area contributed by atoms with Gasteiger partial charge in [-0.05, 0) is 37.4 Å². The van der Waals surface area contributed by atoms with Gasteiger partial charge in [0.1, 0.15) is 5.82 Å². The van der Waals surface area contributed by atoms with E-state index in [2.05, 4.69) is 20.1 Å². The van der Waals surface area contributed by atoms with Gasteiger partial charge in [0.15, 0.2) is 0 Å². The van der Waals surface area contributed by atoms with Gasteiger partial charge in [-0.1, -0.05) is 0 Å². The number of halogens is 3. The standard InChI is InChI=1S/C21H21F3N6O2/c1-28-10-16(11-28)29(2)17-6-4-14(22)7-18(17)30(12-31)9-15-5-3-13(8-25-15)20-26-27-21(32-20)19(23)24/h3-8,12,16,19H,9-11H2,1-2H3. The number of hydrogen-bond acceptors (Lipinski definition) is 7. The molecule has 1 aromatic carbocycles. The first kappa shape index (κ1) is 21.8. The molecule has 1 saturated heterocycles. The lowest BCUT2D eigenvalue weighted by atomic mass is 10.1. The molecule has 1 aliphatic heterocycles. The Balaban J connectivity index is 1.54. The van der Waals surface area contributed by atoms with Crippen LogP contribution in [-0.2, 0) is 11.3 Å². The molecule has 0 aliphatic carbocycles. The molecule has 0 atom stereocenters. The Morgan fingerprint density at radius 2 is 2.00 bits per heavy atom. The van der Waals surface area contributed by atoms with Gasteiger partial charge < -0.3 is 19.1 Å². The highest BCUT2D eigenvalue weighted by Gasteiger charge is 2.29. The van der Waals surface area contributed by atoms with Crippen LogP contribution in [0.25, 0.3) is 11.5 Å². The lowest BCUT2D eigenvalue weighted by Crippen LogP contribution is -2.56. The molecule has 0 bridgehead atoms. The summed E-state index contributed by atoms with van der Waals surface area (Å²) in [5, 5.41) is 6.87. The van der Waals surface area contributed by atoms with Crippen molar-refractivity contribution in [2.45, 2.75) is 19.0 Å².